The Morgan fingerprint density at radius 2 is 1.78 bits per heavy atom. The van der Waals surface area contributed by atoms with Crippen LogP contribution in [0.1, 0.15) is 21.6 Å². The summed E-state index contributed by atoms with van der Waals surface area (Å²) in [5, 5.41) is 2.74. The smallest absolute Gasteiger partial charge is 0.261 e. The summed E-state index contributed by atoms with van der Waals surface area (Å²) in [5.74, 6) is 0.474. The molecular weight excluding hydrogens is 527 g/mol. The Morgan fingerprint density at radius 3 is 2.51 bits per heavy atom. The Kier molecular flexibility index (Phi) is 8.02. The fourth-order valence-corrected chi connectivity index (χ4v) is 4.26. The molecule has 0 aliphatic rings. The zero-order valence-corrected chi connectivity index (χ0v) is 22.7. The van der Waals surface area contributed by atoms with Gasteiger partial charge in [0, 0.05) is 48.1 Å². The van der Waals surface area contributed by atoms with E-state index in [2.05, 4.69) is 20.3 Å². The van der Waals surface area contributed by atoms with Gasteiger partial charge in [0.2, 0.25) is 11.3 Å². The minimum absolute atomic E-state index is 0.0663. The van der Waals surface area contributed by atoms with Crippen LogP contribution < -0.4 is 20.2 Å². The van der Waals surface area contributed by atoms with Crippen molar-refractivity contribution < 1.29 is 23.4 Å². The zero-order chi connectivity index (χ0) is 28.9. The number of ether oxygens (including phenoxy) is 3. The first kappa shape index (κ1) is 27.5. The molecule has 0 unspecified atom stereocenters. The number of nitrogens with one attached hydrogen (secondary N) is 2. The first-order valence-electron chi connectivity index (χ1n) is 12.8. The summed E-state index contributed by atoms with van der Waals surface area (Å²) in [4.78, 5) is 38.1. The monoisotopic (exact) mass is 554 g/mol. The number of carbonyl (C=O) groups is 1. The first-order chi connectivity index (χ1) is 19.8. The Labute approximate surface area is 235 Å². The van der Waals surface area contributed by atoms with Crippen LogP contribution in [0.5, 0.6) is 17.4 Å². The molecular formula is C31H27FN4O5. The molecule has 5 aromatic rings. The van der Waals surface area contributed by atoms with E-state index in [4.69, 9.17) is 14.2 Å². The Balaban J connectivity index is 1.33. The highest BCUT2D eigenvalue weighted by Gasteiger charge is 2.17. The molecule has 2 N–H and O–H groups in total. The van der Waals surface area contributed by atoms with Crippen LogP contribution in [0, 0.1) is 19.7 Å². The predicted octanol–water partition coefficient (Wildman–Crippen LogP) is 5.81. The van der Waals surface area contributed by atoms with E-state index in [-0.39, 0.29) is 5.56 Å². The van der Waals surface area contributed by atoms with Crippen LogP contribution in [0.2, 0.25) is 0 Å². The average molecular weight is 555 g/mol. The Bertz CT molecular complexity index is 1770. The molecule has 0 fully saturated rings. The maximum Gasteiger partial charge on any atom is 0.261 e. The molecule has 0 saturated carbocycles. The van der Waals surface area contributed by atoms with Crippen molar-refractivity contribution >= 4 is 22.6 Å². The molecule has 3 heterocycles. The van der Waals surface area contributed by atoms with E-state index < -0.39 is 17.2 Å². The highest BCUT2D eigenvalue weighted by molar-refractivity contribution is 6.04. The molecule has 2 aromatic carbocycles. The van der Waals surface area contributed by atoms with E-state index in [1.54, 1.807) is 50.6 Å². The summed E-state index contributed by atoms with van der Waals surface area (Å²) >= 11 is 0. The molecule has 0 aliphatic heterocycles. The number of pyridine rings is 3. The number of aromatic amines is 1. The molecule has 5 rings (SSSR count). The van der Waals surface area contributed by atoms with Crippen molar-refractivity contribution in [3.05, 3.63) is 106 Å². The van der Waals surface area contributed by atoms with Crippen molar-refractivity contribution in [1.82, 2.24) is 15.0 Å². The maximum atomic E-state index is 13.4. The number of H-pyrrole nitrogens is 1. The van der Waals surface area contributed by atoms with Crippen LogP contribution in [0.25, 0.3) is 22.2 Å². The number of methoxy groups -OCH3 is 1. The van der Waals surface area contributed by atoms with Gasteiger partial charge in [-0.25, -0.2) is 9.37 Å². The molecule has 0 bridgehead atoms. The lowest BCUT2D eigenvalue weighted by atomic mass is 10.0. The SMILES string of the molecule is COCCOc1nc2c(Oc3ccc(NC(=O)c4c[nH]c(C)c(-c5ccc(F)cc5)c4=O)cc3)ccnc2cc1C. The van der Waals surface area contributed by atoms with E-state index in [1.165, 1.54) is 30.5 Å². The molecule has 3 aromatic heterocycles. The number of rotatable bonds is 9. The third-order valence-corrected chi connectivity index (χ3v) is 6.34. The van der Waals surface area contributed by atoms with Crippen molar-refractivity contribution in [3.8, 4) is 28.5 Å². The van der Waals surface area contributed by atoms with Crippen LogP contribution in [0.15, 0.2) is 77.9 Å². The Morgan fingerprint density at radius 1 is 1.02 bits per heavy atom. The number of halogens is 1. The summed E-state index contributed by atoms with van der Waals surface area (Å²) in [5.41, 5.74) is 3.38. The van der Waals surface area contributed by atoms with Gasteiger partial charge < -0.3 is 24.5 Å². The number of fused-ring (bicyclic) bond motifs is 1. The number of aryl methyl sites for hydroxylation is 2. The second kappa shape index (κ2) is 12.0. The van der Waals surface area contributed by atoms with Crippen LogP contribution in [0.4, 0.5) is 10.1 Å². The number of amides is 1. The highest BCUT2D eigenvalue weighted by Crippen LogP contribution is 2.31. The van der Waals surface area contributed by atoms with Crippen molar-refractivity contribution in [2.75, 3.05) is 25.6 Å². The number of hydrogen-bond donors (Lipinski definition) is 2. The molecule has 1 amide bonds. The largest absolute Gasteiger partial charge is 0.475 e. The number of nitrogens with zero attached hydrogens (tertiary/aromatic N) is 2. The second-order valence-corrected chi connectivity index (χ2v) is 9.25. The molecule has 208 valence electrons. The second-order valence-electron chi connectivity index (χ2n) is 9.25. The van der Waals surface area contributed by atoms with Gasteiger partial charge in [-0.15, -0.1) is 0 Å². The fourth-order valence-electron chi connectivity index (χ4n) is 4.26. The first-order valence-corrected chi connectivity index (χ1v) is 12.8. The number of aromatic nitrogens is 3. The van der Waals surface area contributed by atoms with Crippen LogP contribution in [-0.4, -0.2) is 41.2 Å². The van der Waals surface area contributed by atoms with Crippen molar-refractivity contribution in [2.45, 2.75) is 13.8 Å². The van der Waals surface area contributed by atoms with E-state index >= 15 is 0 Å². The Hall–Kier alpha value is -5.09. The molecule has 0 radical (unpaired) electrons. The summed E-state index contributed by atoms with van der Waals surface area (Å²) in [6.45, 7) is 4.41. The van der Waals surface area contributed by atoms with Gasteiger partial charge in [0.05, 0.1) is 12.1 Å². The summed E-state index contributed by atoms with van der Waals surface area (Å²) < 4.78 is 30.2. The molecule has 9 nitrogen and oxygen atoms in total. The predicted molar refractivity (Wildman–Crippen MR) is 153 cm³/mol. The summed E-state index contributed by atoms with van der Waals surface area (Å²) in [6, 6.07) is 15.8. The van der Waals surface area contributed by atoms with Gasteiger partial charge in [-0.3, -0.25) is 14.6 Å². The highest BCUT2D eigenvalue weighted by atomic mass is 19.1. The minimum atomic E-state index is -0.580. The number of carbonyl (C=O) groups excluding carboxylic acids is 1. The maximum absolute atomic E-state index is 13.4. The van der Waals surface area contributed by atoms with Gasteiger partial charge in [-0.05, 0) is 61.9 Å². The number of benzene rings is 2. The van der Waals surface area contributed by atoms with Crippen LogP contribution >= 0.6 is 0 Å². The van der Waals surface area contributed by atoms with Gasteiger partial charge in [-0.1, -0.05) is 12.1 Å². The normalized spacial score (nSPS) is 10.9. The third kappa shape index (κ3) is 6.07. The lowest BCUT2D eigenvalue weighted by Crippen LogP contribution is -2.23. The van der Waals surface area contributed by atoms with E-state index in [1.807, 2.05) is 13.0 Å². The molecule has 0 aliphatic carbocycles. The summed E-state index contributed by atoms with van der Waals surface area (Å²) in [6.07, 6.45) is 3.01. The van der Waals surface area contributed by atoms with Gasteiger partial charge in [-0.2, -0.15) is 0 Å². The van der Waals surface area contributed by atoms with Crippen molar-refractivity contribution in [3.63, 3.8) is 0 Å². The molecule has 41 heavy (non-hydrogen) atoms. The third-order valence-electron chi connectivity index (χ3n) is 6.34. The van der Waals surface area contributed by atoms with Gasteiger partial charge in [0.15, 0.2) is 5.75 Å². The zero-order valence-electron chi connectivity index (χ0n) is 22.7. The molecule has 10 heteroatoms. The van der Waals surface area contributed by atoms with Gasteiger partial charge in [0.1, 0.15) is 29.3 Å². The van der Waals surface area contributed by atoms with Gasteiger partial charge in [0.25, 0.3) is 5.91 Å². The minimum Gasteiger partial charge on any atom is -0.475 e. The fraction of sp³-hybridized carbons (Fsp3) is 0.161. The molecule has 0 saturated heterocycles. The standard InChI is InChI=1S/C31H27FN4O5/c1-18-16-25-28(36-31(18)40-15-14-39-3)26(12-13-33-25)41-23-10-8-22(9-11-23)35-30(38)24-17-34-19(2)27(29(24)37)20-4-6-21(32)7-5-20/h4-13,16-17H,14-15H2,1-3H3,(H,34,37)(H,35,38). The topological polar surface area (TPSA) is 115 Å². The quantitative estimate of drug-likeness (QED) is 0.221. The van der Waals surface area contributed by atoms with Crippen molar-refractivity contribution in [1.29, 1.82) is 0 Å². The van der Waals surface area contributed by atoms with E-state index in [0.29, 0.717) is 64.1 Å². The number of anilines is 1. The number of hydrogen-bond acceptors (Lipinski definition) is 7. The molecule has 0 atom stereocenters. The van der Waals surface area contributed by atoms with Crippen LogP contribution in [-0.2, 0) is 4.74 Å². The average Bonchev–Trinajstić information content (AvgIpc) is 2.96. The lowest BCUT2D eigenvalue weighted by molar-refractivity contribution is 0.102. The van der Waals surface area contributed by atoms with E-state index in [9.17, 15) is 14.0 Å². The summed E-state index contributed by atoms with van der Waals surface area (Å²) in [7, 11) is 1.60. The van der Waals surface area contributed by atoms with Crippen molar-refractivity contribution in [2.24, 2.45) is 0 Å². The van der Waals surface area contributed by atoms with Crippen LogP contribution in [0.3, 0.4) is 0 Å². The van der Waals surface area contributed by atoms with E-state index in [0.717, 1.165) is 5.56 Å². The molecule has 0 spiro atoms. The lowest BCUT2D eigenvalue weighted by Gasteiger charge is -2.12. The van der Waals surface area contributed by atoms with Gasteiger partial charge >= 0.3 is 0 Å².